The van der Waals surface area contributed by atoms with Gasteiger partial charge >= 0.3 is 0 Å². The van der Waals surface area contributed by atoms with E-state index in [1.807, 2.05) is 13.8 Å². The molecule has 3 rings (SSSR count). The number of amides is 1. The Hall–Kier alpha value is -1.14. The van der Waals surface area contributed by atoms with Crippen molar-refractivity contribution in [3.8, 4) is 0 Å². The molecular weight excluding hydrogens is 270 g/mol. The summed E-state index contributed by atoms with van der Waals surface area (Å²) in [5.41, 5.74) is 5.14. The van der Waals surface area contributed by atoms with Crippen LogP contribution in [0.5, 0.6) is 0 Å². The van der Waals surface area contributed by atoms with E-state index in [2.05, 4.69) is 4.99 Å². The minimum atomic E-state index is -0.751. The van der Waals surface area contributed by atoms with Gasteiger partial charge in [0.15, 0.2) is 11.5 Å². The van der Waals surface area contributed by atoms with Crippen molar-refractivity contribution in [1.82, 2.24) is 4.90 Å². The molecule has 2 fully saturated rings. The summed E-state index contributed by atoms with van der Waals surface area (Å²) >= 11 is 0. The van der Waals surface area contributed by atoms with Crippen molar-refractivity contribution in [3.63, 3.8) is 0 Å². The third kappa shape index (κ3) is 2.25. The summed E-state index contributed by atoms with van der Waals surface area (Å²) in [6.45, 7) is 5.60. The summed E-state index contributed by atoms with van der Waals surface area (Å²) in [5, 5.41) is 0. The van der Waals surface area contributed by atoms with Gasteiger partial charge in [-0.15, -0.1) is 0 Å². The number of guanidine groups is 1. The van der Waals surface area contributed by atoms with E-state index < -0.39 is 5.54 Å². The van der Waals surface area contributed by atoms with Gasteiger partial charge in [-0.25, -0.2) is 4.99 Å². The highest BCUT2D eigenvalue weighted by atomic mass is 16.5. The number of carbonyl (C=O) groups is 1. The molecule has 1 spiro atoms. The molecule has 21 heavy (non-hydrogen) atoms. The van der Waals surface area contributed by atoms with Crippen molar-refractivity contribution in [1.29, 1.82) is 0 Å². The number of hydrogen-bond acceptors (Lipinski definition) is 5. The van der Waals surface area contributed by atoms with E-state index in [1.165, 1.54) is 4.90 Å². The average molecular weight is 295 g/mol. The molecule has 5 unspecified atom stereocenters. The number of hydrogen-bond donors (Lipinski definition) is 1. The second-order valence-corrected chi connectivity index (χ2v) is 6.61. The Balaban J connectivity index is 1.87. The Morgan fingerprint density at radius 1 is 1.43 bits per heavy atom. The van der Waals surface area contributed by atoms with Crippen LogP contribution in [0.4, 0.5) is 0 Å². The SMILES string of the molecule is CC1OC(C2CCCOC2)CC2(N=C(N)N(C)C2=O)C1C. The Labute approximate surface area is 125 Å². The van der Waals surface area contributed by atoms with E-state index in [1.54, 1.807) is 7.05 Å². The first-order chi connectivity index (χ1) is 9.95. The van der Waals surface area contributed by atoms with Gasteiger partial charge in [0, 0.05) is 31.9 Å². The highest BCUT2D eigenvalue weighted by Gasteiger charge is 2.57. The van der Waals surface area contributed by atoms with Crippen LogP contribution in [0, 0.1) is 11.8 Å². The van der Waals surface area contributed by atoms with Crippen molar-refractivity contribution < 1.29 is 14.3 Å². The molecule has 0 aromatic rings. The maximum atomic E-state index is 12.7. The van der Waals surface area contributed by atoms with E-state index in [9.17, 15) is 4.79 Å². The summed E-state index contributed by atoms with van der Waals surface area (Å²) in [4.78, 5) is 18.8. The monoisotopic (exact) mass is 295 g/mol. The van der Waals surface area contributed by atoms with Gasteiger partial charge in [0.25, 0.3) is 5.91 Å². The minimum Gasteiger partial charge on any atom is -0.381 e. The van der Waals surface area contributed by atoms with Crippen molar-refractivity contribution >= 4 is 11.9 Å². The maximum Gasteiger partial charge on any atom is 0.257 e. The highest BCUT2D eigenvalue weighted by Crippen LogP contribution is 2.43. The normalized spacial score (nSPS) is 44.2. The van der Waals surface area contributed by atoms with E-state index in [0.29, 0.717) is 24.9 Å². The van der Waals surface area contributed by atoms with E-state index in [0.717, 1.165) is 19.4 Å². The van der Waals surface area contributed by atoms with Gasteiger partial charge in [-0.1, -0.05) is 6.92 Å². The predicted octanol–water partition coefficient (Wildman–Crippen LogP) is 0.752. The molecule has 118 valence electrons. The van der Waals surface area contributed by atoms with Crippen molar-refractivity contribution in [2.24, 2.45) is 22.6 Å². The van der Waals surface area contributed by atoms with Crippen LogP contribution in [0.25, 0.3) is 0 Å². The number of ether oxygens (including phenoxy) is 2. The fraction of sp³-hybridized carbons (Fsp3) is 0.867. The summed E-state index contributed by atoms with van der Waals surface area (Å²) in [6, 6.07) is 0. The zero-order valence-corrected chi connectivity index (χ0v) is 13.0. The Morgan fingerprint density at radius 2 is 2.19 bits per heavy atom. The van der Waals surface area contributed by atoms with Crippen LogP contribution in [0.15, 0.2) is 4.99 Å². The third-order valence-corrected chi connectivity index (χ3v) is 5.41. The van der Waals surface area contributed by atoms with Crippen LogP contribution >= 0.6 is 0 Å². The van der Waals surface area contributed by atoms with Gasteiger partial charge in [-0.2, -0.15) is 0 Å². The lowest BCUT2D eigenvalue weighted by atomic mass is 9.72. The second-order valence-electron chi connectivity index (χ2n) is 6.61. The zero-order valence-electron chi connectivity index (χ0n) is 13.0. The molecule has 0 aromatic heterocycles. The summed E-state index contributed by atoms with van der Waals surface area (Å²) in [7, 11) is 1.70. The molecule has 3 aliphatic rings. The van der Waals surface area contributed by atoms with Crippen molar-refractivity contribution in [3.05, 3.63) is 0 Å². The quantitative estimate of drug-likeness (QED) is 0.774. The number of nitrogens with zero attached hydrogens (tertiary/aromatic N) is 2. The first-order valence-corrected chi connectivity index (χ1v) is 7.82. The molecule has 0 aromatic carbocycles. The highest BCUT2D eigenvalue weighted by molar-refractivity contribution is 6.06. The Bertz CT molecular complexity index is 461. The topological polar surface area (TPSA) is 77.2 Å². The molecule has 0 saturated carbocycles. The number of aliphatic imine (C=N–C) groups is 1. The van der Waals surface area contributed by atoms with Crippen LogP contribution in [0.1, 0.15) is 33.1 Å². The van der Waals surface area contributed by atoms with Gasteiger partial charge < -0.3 is 15.2 Å². The fourth-order valence-electron chi connectivity index (χ4n) is 3.81. The number of nitrogens with two attached hydrogens (primary N) is 1. The first kappa shape index (κ1) is 14.8. The van der Waals surface area contributed by atoms with E-state index >= 15 is 0 Å². The van der Waals surface area contributed by atoms with Gasteiger partial charge in [0.2, 0.25) is 0 Å². The lowest BCUT2D eigenvalue weighted by molar-refractivity contribution is -0.161. The molecule has 0 radical (unpaired) electrons. The van der Waals surface area contributed by atoms with Gasteiger partial charge in [-0.3, -0.25) is 9.69 Å². The summed E-state index contributed by atoms with van der Waals surface area (Å²) in [6.07, 6.45) is 2.75. The number of rotatable bonds is 1. The standard InChI is InChI=1S/C15H25N3O3/c1-9-10(2)21-12(11-5-4-6-20-8-11)7-15(9)13(19)18(3)14(16)17-15/h9-12H,4-8H2,1-3H3,(H2,16,17). The Morgan fingerprint density at radius 3 is 2.76 bits per heavy atom. The van der Waals surface area contributed by atoms with E-state index in [4.69, 9.17) is 15.2 Å². The molecule has 0 aliphatic carbocycles. The molecule has 2 saturated heterocycles. The van der Waals surface area contributed by atoms with Crippen molar-refractivity contribution in [2.45, 2.75) is 50.9 Å². The number of carbonyl (C=O) groups excluding carboxylic acids is 1. The second kappa shape index (κ2) is 5.25. The van der Waals surface area contributed by atoms with Crippen LogP contribution in [0.3, 0.4) is 0 Å². The average Bonchev–Trinajstić information content (AvgIpc) is 2.70. The molecule has 6 heteroatoms. The smallest absolute Gasteiger partial charge is 0.257 e. The maximum absolute atomic E-state index is 12.7. The molecule has 3 heterocycles. The zero-order chi connectivity index (χ0) is 15.2. The molecule has 6 nitrogen and oxygen atoms in total. The Kier molecular flexibility index (Phi) is 3.69. The molecule has 5 atom stereocenters. The fourth-order valence-corrected chi connectivity index (χ4v) is 3.81. The molecule has 0 bridgehead atoms. The molecule has 3 aliphatic heterocycles. The summed E-state index contributed by atoms with van der Waals surface area (Å²) in [5.74, 6) is 0.693. The van der Waals surface area contributed by atoms with Gasteiger partial charge in [-0.05, 0) is 19.8 Å². The van der Waals surface area contributed by atoms with E-state index in [-0.39, 0.29) is 24.0 Å². The van der Waals surface area contributed by atoms with Crippen LogP contribution in [-0.2, 0) is 14.3 Å². The lowest BCUT2D eigenvalue weighted by Gasteiger charge is -2.46. The van der Waals surface area contributed by atoms with Crippen LogP contribution < -0.4 is 5.73 Å². The van der Waals surface area contributed by atoms with Crippen LogP contribution in [-0.4, -0.2) is 54.8 Å². The molecule has 1 amide bonds. The molecular formula is C15H25N3O3. The van der Waals surface area contributed by atoms with Gasteiger partial charge in [0.05, 0.1) is 18.8 Å². The van der Waals surface area contributed by atoms with Crippen molar-refractivity contribution in [2.75, 3.05) is 20.3 Å². The largest absolute Gasteiger partial charge is 0.381 e. The predicted molar refractivity (Wildman–Crippen MR) is 78.8 cm³/mol. The van der Waals surface area contributed by atoms with Gasteiger partial charge in [0.1, 0.15) is 0 Å². The third-order valence-electron chi connectivity index (χ3n) is 5.41. The summed E-state index contributed by atoms with van der Waals surface area (Å²) < 4.78 is 11.8. The lowest BCUT2D eigenvalue weighted by Crippen LogP contribution is -2.57. The van der Waals surface area contributed by atoms with Crippen LogP contribution in [0.2, 0.25) is 0 Å². The number of likely N-dealkylation sites (N-methyl/N-ethyl adjacent to an activating group) is 1. The first-order valence-electron chi connectivity index (χ1n) is 7.82. The minimum absolute atomic E-state index is 0.00405. The molecule has 2 N–H and O–H groups in total.